The van der Waals surface area contributed by atoms with Gasteiger partial charge in [-0.05, 0) is 42.7 Å². The molecule has 1 saturated carbocycles. The van der Waals surface area contributed by atoms with Gasteiger partial charge in [0.15, 0.2) is 0 Å². The Labute approximate surface area is 200 Å². The van der Waals surface area contributed by atoms with Crippen LogP contribution in [0.5, 0.6) is 0 Å². The average molecular weight is 495 g/mol. The molecule has 2 atom stereocenters. The maximum Gasteiger partial charge on any atom is 0.416 e. The Morgan fingerprint density at radius 1 is 1.03 bits per heavy atom. The number of hydrogen-bond acceptors (Lipinski definition) is 4. The van der Waals surface area contributed by atoms with Crippen molar-refractivity contribution in [2.24, 2.45) is 5.92 Å². The van der Waals surface area contributed by atoms with Crippen LogP contribution in [0.1, 0.15) is 56.1 Å². The maximum atomic E-state index is 15.0. The van der Waals surface area contributed by atoms with Crippen molar-refractivity contribution >= 4 is 12.3 Å². The highest BCUT2D eigenvalue weighted by atomic mass is 19.4. The van der Waals surface area contributed by atoms with Crippen LogP contribution < -0.4 is 0 Å². The van der Waals surface area contributed by atoms with E-state index in [1.54, 1.807) is 0 Å². The molecule has 1 fully saturated rings. The summed E-state index contributed by atoms with van der Waals surface area (Å²) in [7, 11) is 0. The zero-order chi connectivity index (χ0) is 25.5. The van der Waals surface area contributed by atoms with Crippen molar-refractivity contribution in [3.63, 3.8) is 0 Å². The van der Waals surface area contributed by atoms with E-state index in [-0.39, 0.29) is 29.8 Å². The number of alkyl halides is 5. The van der Waals surface area contributed by atoms with Crippen LogP contribution in [0.2, 0.25) is 0 Å². The van der Waals surface area contributed by atoms with Crippen molar-refractivity contribution in [2.45, 2.75) is 63.1 Å². The predicted molar refractivity (Wildman–Crippen MR) is 119 cm³/mol. The molecule has 1 aliphatic rings. The van der Waals surface area contributed by atoms with E-state index in [1.807, 2.05) is 0 Å². The van der Waals surface area contributed by atoms with Crippen molar-refractivity contribution in [2.75, 3.05) is 0 Å². The molecule has 9 heteroatoms. The van der Waals surface area contributed by atoms with E-state index in [0.29, 0.717) is 18.9 Å². The summed E-state index contributed by atoms with van der Waals surface area (Å²) in [6, 6.07) is 5.30. The number of benzene rings is 1. The Morgan fingerprint density at radius 2 is 1.80 bits per heavy atom. The van der Waals surface area contributed by atoms with Crippen LogP contribution in [-0.2, 0) is 26.4 Å². The summed E-state index contributed by atoms with van der Waals surface area (Å²) in [5, 5.41) is 0. The molecule has 35 heavy (non-hydrogen) atoms. The van der Waals surface area contributed by atoms with Crippen molar-refractivity contribution in [1.29, 1.82) is 0 Å². The highest BCUT2D eigenvalue weighted by Gasteiger charge is 2.36. The average Bonchev–Trinajstić information content (AvgIpc) is 3.05. The minimum atomic E-state index is -4.80. The van der Waals surface area contributed by atoms with Crippen molar-refractivity contribution in [3.05, 3.63) is 66.0 Å². The molecule has 0 amide bonds. The van der Waals surface area contributed by atoms with Gasteiger partial charge in [-0.2, -0.15) is 13.2 Å². The molecule has 0 saturated heterocycles. The molecule has 0 N–H and O–H groups in total. The van der Waals surface area contributed by atoms with E-state index in [1.165, 1.54) is 30.6 Å². The first-order chi connectivity index (χ1) is 16.6. The first-order valence-electron chi connectivity index (χ1n) is 11.4. The predicted octanol–water partition coefficient (Wildman–Crippen LogP) is 6.89. The minimum absolute atomic E-state index is 0.0139. The number of aromatic nitrogens is 1. The standard InChI is InChI=1S/C26H26F5NO3/c27-25(28,11-5-4-10-24(35-17-33)22-8-2-1-3-9-23(22)34)20-13-19(18-7-6-12-32-16-18)14-21(15-20)26(29,30)31/h4-7,12-17,22,24H,1-3,8-11H2. The number of carbonyl (C=O) groups excluding carboxylic acids is 2. The Balaban J connectivity index is 1.78. The molecule has 2 unspecified atom stereocenters. The third-order valence-corrected chi connectivity index (χ3v) is 6.12. The summed E-state index contributed by atoms with van der Waals surface area (Å²) in [6.07, 6.45) is 2.34. The zero-order valence-electron chi connectivity index (χ0n) is 18.9. The van der Waals surface area contributed by atoms with Gasteiger partial charge in [0.2, 0.25) is 0 Å². The molecule has 0 radical (unpaired) electrons. The summed E-state index contributed by atoms with van der Waals surface area (Å²) in [4.78, 5) is 27.1. The summed E-state index contributed by atoms with van der Waals surface area (Å²) < 4.78 is 75.3. The molecule has 4 nitrogen and oxygen atoms in total. The van der Waals surface area contributed by atoms with Crippen molar-refractivity contribution in [1.82, 2.24) is 4.98 Å². The third kappa shape index (κ3) is 7.19. The van der Waals surface area contributed by atoms with E-state index in [4.69, 9.17) is 4.74 Å². The van der Waals surface area contributed by atoms with Gasteiger partial charge < -0.3 is 4.74 Å². The third-order valence-electron chi connectivity index (χ3n) is 6.12. The molecule has 1 aliphatic carbocycles. The zero-order valence-corrected chi connectivity index (χ0v) is 18.9. The minimum Gasteiger partial charge on any atom is -0.463 e. The number of Topliss-reactive ketones (excluding diaryl/α,β-unsaturated/α-hetero) is 1. The van der Waals surface area contributed by atoms with Gasteiger partial charge in [0.05, 0.1) is 11.5 Å². The van der Waals surface area contributed by atoms with E-state index in [0.717, 1.165) is 37.5 Å². The smallest absolute Gasteiger partial charge is 0.416 e. The fourth-order valence-corrected chi connectivity index (χ4v) is 4.25. The molecule has 0 aliphatic heterocycles. The quantitative estimate of drug-likeness (QED) is 0.165. The Kier molecular flexibility index (Phi) is 8.75. The second kappa shape index (κ2) is 11.6. The van der Waals surface area contributed by atoms with Crippen LogP contribution in [0.3, 0.4) is 0 Å². The van der Waals surface area contributed by atoms with Gasteiger partial charge in [-0.1, -0.05) is 31.1 Å². The van der Waals surface area contributed by atoms with E-state index in [9.17, 15) is 31.5 Å². The van der Waals surface area contributed by atoms with Crippen molar-refractivity contribution < 1.29 is 36.3 Å². The lowest BCUT2D eigenvalue weighted by Crippen LogP contribution is -2.29. The summed E-state index contributed by atoms with van der Waals surface area (Å²) >= 11 is 0. The molecule has 1 aromatic heterocycles. The van der Waals surface area contributed by atoms with Gasteiger partial charge in [-0.25, -0.2) is 8.78 Å². The van der Waals surface area contributed by atoms with Gasteiger partial charge in [0.25, 0.3) is 12.4 Å². The van der Waals surface area contributed by atoms with Gasteiger partial charge in [-0.3, -0.25) is 14.6 Å². The summed E-state index contributed by atoms with van der Waals surface area (Å²) in [6.45, 7) is 0.244. The first-order valence-corrected chi connectivity index (χ1v) is 11.4. The van der Waals surface area contributed by atoms with E-state index < -0.39 is 41.7 Å². The summed E-state index contributed by atoms with van der Waals surface area (Å²) in [5.74, 6) is -4.09. The maximum absolute atomic E-state index is 15.0. The fraction of sp³-hybridized carbons (Fsp3) is 0.423. The van der Waals surface area contributed by atoms with E-state index >= 15 is 0 Å². The number of halogens is 5. The number of nitrogens with zero attached hydrogens (tertiary/aromatic N) is 1. The van der Waals surface area contributed by atoms with Gasteiger partial charge >= 0.3 is 6.18 Å². The normalized spacial score (nSPS) is 18.3. The second-order valence-electron chi connectivity index (χ2n) is 8.60. The van der Waals surface area contributed by atoms with Gasteiger partial charge in [0, 0.05) is 42.8 Å². The van der Waals surface area contributed by atoms with Crippen LogP contribution >= 0.6 is 0 Å². The molecule has 0 spiro atoms. The second-order valence-corrected chi connectivity index (χ2v) is 8.60. The SMILES string of the molecule is O=COC(CC=CCC(F)(F)c1cc(-c2cccnc2)cc(C(F)(F)F)c1)C1CCCCCC1=O. The fourth-order valence-electron chi connectivity index (χ4n) is 4.25. The lowest BCUT2D eigenvalue weighted by Gasteiger charge is -2.22. The largest absolute Gasteiger partial charge is 0.463 e. The van der Waals surface area contributed by atoms with Crippen LogP contribution in [-0.4, -0.2) is 23.3 Å². The Bertz CT molecular complexity index is 1040. The lowest BCUT2D eigenvalue weighted by atomic mass is 9.90. The monoisotopic (exact) mass is 495 g/mol. The van der Waals surface area contributed by atoms with Crippen LogP contribution in [0, 0.1) is 5.92 Å². The first kappa shape index (κ1) is 26.5. The molecule has 1 heterocycles. The lowest BCUT2D eigenvalue weighted by molar-refractivity contribution is -0.140. The van der Waals surface area contributed by atoms with Crippen molar-refractivity contribution in [3.8, 4) is 11.1 Å². The topological polar surface area (TPSA) is 56.3 Å². The van der Waals surface area contributed by atoms with E-state index in [2.05, 4.69) is 4.98 Å². The number of allylic oxidation sites excluding steroid dienone is 1. The van der Waals surface area contributed by atoms with Crippen LogP contribution in [0.25, 0.3) is 11.1 Å². The molecule has 0 bridgehead atoms. The van der Waals surface area contributed by atoms with Gasteiger partial charge in [-0.15, -0.1) is 0 Å². The highest BCUT2D eigenvalue weighted by molar-refractivity contribution is 5.82. The number of ketones is 1. The highest BCUT2D eigenvalue weighted by Crippen LogP contribution is 2.39. The number of pyridine rings is 1. The summed E-state index contributed by atoms with van der Waals surface area (Å²) in [5.41, 5.74) is -1.68. The number of rotatable bonds is 9. The molecule has 2 aromatic rings. The Hall–Kier alpha value is -3.10. The number of hydrogen-bond donors (Lipinski definition) is 0. The van der Waals surface area contributed by atoms with Crippen LogP contribution in [0.4, 0.5) is 22.0 Å². The number of carbonyl (C=O) groups is 2. The molecule has 1 aromatic carbocycles. The van der Waals surface area contributed by atoms with Gasteiger partial charge in [0.1, 0.15) is 11.9 Å². The molecular formula is C26H26F5NO3. The number of ether oxygens (including phenoxy) is 1. The molecule has 3 rings (SSSR count). The Morgan fingerprint density at radius 3 is 2.49 bits per heavy atom. The van der Waals surface area contributed by atoms with Crippen LogP contribution in [0.15, 0.2) is 54.9 Å². The molecule has 188 valence electrons. The molecular weight excluding hydrogens is 469 g/mol.